The molecule has 0 spiro atoms. The van der Waals surface area contributed by atoms with Gasteiger partial charge in [0.05, 0.1) is 11.6 Å². The van der Waals surface area contributed by atoms with Gasteiger partial charge in [-0.15, -0.1) is 5.10 Å². The number of rotatable bonds is 4. The first-order chi connectivity index (χ1) is 13.2. The average molecular weight is 396 g/mol. The molecule has 2 aromatic heterocycles. The van der Waals surface area contributed by atoms with Crippen molar-refractivity contribution in [3.63, 3.8) is 0 Å². The number of benzene rings is 2. The van der Waals surface area contributed by atoms with E-state index in [9.17, 15) is 4.79 Å². The quantitative estimate of drug-likeness (QED) is 0.528. The largest absolute Gasteiger partial charge is 0.496 e. The van der Waals surface area contributed by atoms with Gasteiger partial charge in [0.2, 0.25) is 4.96 Å². The van der Waals surface area contributed by atoms with Crippen LogP contribution in [0.2, 0.25) is 5.02 Å². The second kappa shape index (κ2) is 7.34. The molecule has 2 aromatic carbocycles. The lowest BCUT2D eigenvalue weighted by Gasteiger charge is -2.02. The number of fused-ring (bicyclic) bond motifs is 1. The molecule has 2 heterocycles. The minimum Gasteiger partial charge on any atom is -0.496 e. The predicted molar refractivity (Wildman–Crippen MR) is 109 cm³/mol. The summed E-state index contributed by atoms with van der Waals surface area (Å²) in [5.74, 6) is 1.28. The second-order valence-corrected chi connectivity index (χ2v) is 7.12. The van der Waals surface area contributed by atoms with Gasteiger partial charge in [-0.1, -0.05) is 53.3 Å². The van der Waals surface area contributed by atoms with Crippen molar-refractivity contribution < 1.29 is 4.74 Å². The fraction of sp³-hybridized carbons (Fsp3) is 0.0500. The molecule has 0 saturated heterocycles. The Morgan fingerprint density at radius 3 is 2.67 bits per heavy atom. The lowest BCUT2D eigenvalue weighted by molar-refractivity contribution is 0.414. The molecule has 0 saturated carbocycles. The van der Waals surface area contributed by atoms with Gasteiger partial charge in [0, 0.05) is 16.1 Å². The number of nitrogens with zero attached hydrogens (tertiary/aromatic N) is 3. The molecule has 0 fully saturated rings. The molecular weight excluding hydrogens is 382 g/mol. The molecule has 0 N–H and O–H groups in total. The molecule has 0 unspecified atom stereocenters. The summed E-state index contributed by atoms with van der Waals surface area (Å²) in [4.78, 5) is 17.6. The van der Waals surface area contributed by atoms with E-state index in [0.29, 0.717) is 20.3 Å². The molecule has 0 aliphatic carbocycles. The lowest BCUT2D eigenvalue weighted by atomic mass is 10.2. The monoisotopic (exact) mass is 395 g/mol. The van der Waals surface area contributed by atoms with Gasteiger partial charge in [0.1, 0.15) is 5.75 Å². The minimum atomic E-state index is -0.188. The van der Waals surface area contributed by atoms with Gasteiger partial charge in [0.25, 0.3) is 5.56 Å². The molecule has 7 heteroatoms. The second-order valence-electron chi connectivity index (χ2n) is 5.68. The van der Waals surface area contributed by atoms with Crippen molar-refractivity contribution in [2.24, 2.45) is 0 Å². The molecular formula is C20H14ClN3O2S. The lowest BCUT2D eigenvalue weighted by Crippen LogP contribution is -2.23. The van der Waals surface area contributed by atoms with Crippen molar-refractivity contribution in [3.05, 3.63) is 80.1 Å². The third-order valence-corrected chi connectivity index (χ3v) is 5.18. The smallest absolute Gasteiger partial charge is 0.291 e. The number of hydrogen-bond acceptors (Lipinski definition) is 5. The first-order valence-electron chi connectivity index (χ1n) is 8.12. The Labute approximate surface area is 163 Å². The number of para-hydroxylation sites is 1. The van der Waals surface area contributed by atoms with Crippen molar-refractivity contribution >= 4 is 40.1 Å². The van der Waals surface area contributed by atoms with Gasteiger partial charge in [-0.25, -0.2) is 0 Å². The summed E-state index contributed by atoms with van der Waals surface area (Å²) >= 11 is 7.20. The van der Waals surface area contributed by atoms with Crippen molar-refractivity contribution in [2.45, 2.75) is 0 Å². The number of thiazole rings is 1. The predicted octanol–water partition coefficient (Wildman–Crippen LogP) is 3.69. The van der Waals surface area contributed by atoms with Gasteiger partial charge < -0.3 is 4.74 Å². The maximum atomic E-state index is 12.6. The van der Waals surface area contributed by atoms with Crippen LogP contribution < -0.4 is 14.8 Å². The van der Waals surface area contributed by atoms with E-state index in [0.717, 1.165) is 16.9 Å². The van der Waals surface area contributed by atoms with Crippen LogP contribution in [0.3, 0.4) is 0 Å². The molecule has 0 aliphatic heterocycles. The summed E-state index contributed by atoms with van der Waals surface area (Å²) < 4.78 is 7.21. The van der Waals surface area contributed by atoms with E-state index in [4.69, 9.17) is 16.3 Å². The van der Waals surface area contributed by atoms with Gasteiger partial charge in [-0.3, -0.25) is 4.79 Å². The van der Waals surface area contributed by atoms with Gasteiger partial charge in [0.15, 0.2) is 5.82 Å². The van der Waals surface area contributed by atoms with Crippen LogP contribution in [0, 0.1) is 0 Å². The number of aromatic nitrogens is 3. The number of methoxy groups -OCH3 is 1. The van der Waals surface area contributed by atoms with Gasteiger partial charge in [-0.2, -0.15) is 9.50 Å². The van der Waals surface area contributed by atoms with Crippen LogP contribution in [-0.4, -0.2) is 21.7 Å². The van der Waals surface area contributed by atoms with Crippen LogP contribution in [0.1, 0.15) is 5.56 Å². The third kappa shape index (κ3) is 3.49. The highest BCUT2D eigenvalue weighted by Crippen LogP contribution is 2.20. The van der Waals surface area contributed by atoms with Gasteiger partial charge in [-0.05, 0) is 36.4 Å². The zero-order chi connectivity index (χ0) is 18.8. The molecule has 5 nitrogen and oxygen atoms in total. The van der Waals surface area contributed by atoms with E-state index >= 15 is 0 Å². The molecule has 0 aliphatic rings. The third-order valence-electron chi connectivity index (χ3n) is 3.95. The Morgan fingerprint density at radius 1 is 1.15 bits per heavy atom. The van der Waals surface area contributed by atoms with E-state index in [1.54, 1.807) is 25.3 Å². The molecule has 0 radical (unpaired) electrons. The Morgan fingerprint density at radius 2 is 1.93 bits per heavy atom. The number of halogens is 1. The molecule has 0 atom stereocenters. The SMILES string of the molecule is COc1ccccc1/C=C/C=c1/sc2nc(-c3ccc(Cl)cc3)nn2c1=O. The summed E-state index contributed by atoms with van der Waals surface area (Å²) in [5, 5.41) is 4.96. The zero-order valence-corrected chi connectivity index (χ0v) is 15.9. The highest BCUT2D eigenvalue weighted by atomic mass is 35.5. The topological polar surface area (TPSA) is 56.5 Å². The molecule has 4 aromatic rings. The van der Waals surface area contributed by atoms with Crippen LogP contribution in [0.25, 0.3) is 28.5 Å². The maximum absolute atomic E-state index is 12.6. The molecule has 134 valence electrons. The number of ether oxygens (including phenoxy) is 1. The normalized spacial score (nSPS) is 12.3. The first-order valence-corrected chi connectivity index (χ1v) is 9.32. The summed E-state index contributed by atoms with van der Waals surface area (Å²) in [6.07, 6.45) is 5.48. The minimum absolute atomic E-state index is 0.188. The summed E-state index contributed by atoms with van der Waals surface area (Å²) in [6.45, 7) is 0. The number of hydrogen-bond donors (Lipinski definition) is 0. The van der Waals surface area contributed by atoms with E-state index in [1.165, 1.54) is 15.9 Å². The Kier molecular flexibility index (Phi) is 4.75. The van der Waals surface area contributed by atoms with E-state index in [1.807, 2.05) is 48.6 Å². The molecule has 27 heavy (non-hydrogen) atoms. The summed E-state index contributed by atoms with van der Waals surface area (Å²) in [5.41, 5.74) is 1.57. The fourth-order valence-electron chi connectivity index (χ4n) is 2.61. The Bertz CT molecular complexity index is 1240. The highest BCUT2D eigenvalue weighted by molar-refractivity contribution is 7.15. The van der Waals surface area contributed by atoms with Crippen molar-refractivity contribution in [1.29, 1.82) is 0 Å². The Balaban J connectivity index is 1.67. The maximum Gasteiger partial charge on any atom is 0.291 e. The van der Waals surface area contributed by atoms with Crippen LogP contribution in [0.4, 0.5) is 0 Å². The Hall–Kier alpha value is -2.96. The fourth-order valence-corrected chi connectivity index (χ4v) is 3.60. The van der Waals surface area contributed by atoms with Crippen LogP contribution in [-0.2, 0) is 0 Å². The van der Waals surface area contributed by atoms with Crippen LogP contribution in [0.5, 0.6) is 5.75 Å². The number of allylic oxidation sites excluding steroid dienone is 1. The molecule has 0 bridgehead atoms. The standard InChI is InChI=1S/C20H14ClN3O2S/c1-26-16-7-3-2-5-13(16)6-4-8-17-19(25)24-20(27-17)22-18(23-24)14-9-11-15(21)12-10-14/h2-12H,1H3/b6-4+,17-8+. The molecule has 4 rings (SSSR count). The van der Waals surface area contributed by atoms with E-state index in [-0.39, 0.29) is 5.56 Å². The first kappa shape index (κ1) is 17.5. The van der Waals surface area contributed by atoms with Crippen molar-refractivity contribution in [3.8, 4) is 17.1 Å². The van der Waals surface area contributed by atoms with E-state index in [2.05, 4.69) is 10.1 Å². The summed E-state index contributed by atoms with van der Waals surface area (Å²) in [6, 6.07) is 14.9. The molecule has 0 amide bonds. The van der Waals surface area contributed by atoms with Gasteiger partial charge >= 0.3 is 0 Å². The summed E-state index contributed by atoms with van der Waals surface area (Å²) in [7, 11) is 1.63. The zero-order valence-electron chi connectivity index (χ0n) is 14.3. The van der Waals surface area contributed by atoms with Crippen LogP contribution >= 0.6 is 22.9 Å². The highest BCUT2D eigenvalue weighted by Gasteiger charge is 2.11. The van der Waals surface area contributed by atoms with Crippen molar-refractivity contribution in [2.75, 3.05) is 7.11 Å². The van der Waals surface area contributed by atoms with Crippen LogP contribution in [0.15, 0.2) is 59.4 Å². The van der Waals surface area contributed by atoms with Crippen molar-refractivity contribution in [1.82, 2.24) is 14.6 Å². The van der Waals surface area contributed by atoms with E-state index < -0.39 is 0 Å². The average Bonchev–Trinajstić information content (AvgIpc) is 3.22.